The Labute approximate surface area is 346 Å². The molecule has 0 aromatic heterocycles. The van der Waals surface area contributed by atoms with Gasteiger partial charge in [0.25, 0.3) is 0 Å². The van der Waals surface area contributed by atoms with Crippen LogP contribution in [0.15, 0.2) is 249 Å². The molecule has 0 aliphatic heterocycles. The van der Waals surface area contributed by atoms with Gasteiger partial charge in [-0.2, -0.15) is 0 Å². The Hall–Kier alpha value is -7.74. The standard InChI is InChI=1S/C58H41N/c1-6-18-42(19-7-1)49-33-38-56(54(40-49)45-24-12-4-13-25-45)59(57-39-34-50(43-20-8-2-9-21-43)41-55(57)46-26-14-5-15-27-46)51-35-30-48(31-36-51)58-52-29-17-16-28-47(52)32-37-53(58)44-22-10-3-11-23-44/h1-41H. The average molecular weight is 752 g/mol. The molecule has 0 aliphatic rings. The molecule has 0 radical (unpaired) electrons. The molecule has 0 heterocycles. The third-order valence-corrected chi connectivity index (χ3v) is 11.3. The third kappa shape index (κ3) is 7.12. The van der Waals surface area contributed by atoms with Crippen LogP contribution in [0.3, 0.4) is 0 Å². The molecule has 0 N–H and O–H groups in total. The number of benzene rings is 10. The van der Waals surface area contributed by atoms with Crippen molar-refractivity contribution in [1.29, 1.82) is 0 Å². The molecule has 0 saturated carbocycles. The van der Waals surface area contributed by atoms with Gasteiger partial charge in [0.2, 0.25) is 0 Å². The molecule has 0 bridgehead atoms. The van der Waals surface area contributed by atoms with Crippen LogP contribution < -0.4 is 4.90 Å². The lowest BCUT2D eigenvalue weighted by atomic mass is 9.89. The van der Waals surface area contributed by atoms with Crippen molar-refractivity contribution in [1.82, 2.24) is 0 Å². The average Bonchev–Trinajstić information content (AvgIpc) is 3.33. The minimum atomic E-state index is 1.07. The Morgan fingerprint density at radius 1 is 0.237 bits per heavy atom. The molecular weight excluding hydrogens is 711 g/mol. The van der Waals surface area contributed by atoms with E-state index in [1.54, 1.807) is 0 Å². The molecule has 0 aliphatic carbocycles. The zero-order chi connectivity index (χ0) is 39.4. The Morgan fingerprint density at radius 3 is 1.10 bits per heavy atom. The first-order chi connectivity index (χ1) is 29.3. The van der Waals surface area contributed by atoms with E-state index >= 15 is 0 Å². The largest absolute Gasteiger partial charge is 0.309 e. The van der Waals surface area contributed by atoms with Gasteiger partial charge in [0.1, 0.15) is 0 Å². The normalized spacial score (nSPS) is 11.1. The molecule has 0 amide bonds. The highest BCUT2D eigenvalue weighted by molar-refractivity contribution is 6.05. The second kappa shape index (κ2) is 16.0. The van der Waals surface area contributed by atoms with Gasteiger partial charge >= 0.3 is 0 Å². The van der Waals surface area contributed by atoms with E-state index < -0.39 is 0 Å². The van der Waals surface area contributed by atoms with Crippen molar-refractivity contribution in [2.75, 3.05) is 4.90 Å². The monoisotopic (exact) mass is 751 g/mol. The predicted octanol–water partition coefficient (Wildman–Crippen LogP) is 16.3. The van der Waals surface area contributed by atoms with E-state index in [0.717, 1.165) is 39.3 Å². The van der Waals surface area contributed by atoms with Gasteiger partial charge in [-0.05, 0) is 103 Å². The topological polar surface area (TPSA) is 3.24 Å². The molecule has 278 valence electrons. The van der Waals surface area contributed by atoms with Gasteiger partial charge in [-0.3, -0.25) is 0 Å². The molecule has 1 heteroatoms. The number of hydrogen-bond acceptors (Lipinski definition) is 1. The van der Waals surface area contributed by atoms with Crippen molar-refractivity contribution in [3.63, 3.8) is 0 Å². The summed E-state index contributed by atoms with van der Waals surface area (Å²) >= 11 is 0. The molecule has 10 aromatic carbocycles. The van der Waals surface area contributed by atoms with Gasteiger partial charge in [-0.1, -0.05) is 212 Å². The molecule has 59 heavy (non-hydrogen) atoms. The SMILES string of the molecule is c1ccc(-c2ccc(N(c3ccc(-c4c(-c5ccccc5)ccc5ccccc45)cc3)c3ccc(-c4ccccc4)cc3-c3ccccc3)c(-c3ccccc3)c2)cc1. The van der Waals surface area contributed by atoms with Crippen molar-refractivity contribution >= 4 is 27.8 Å². The highest BCUT2D eigenvalue weighted by Gasteiger charge is 2.23. The lowest BCUT2D eigenvalue weighted by Gasteiger charge is -2.31. The lowest BCUT2D eigenvalue weighted by Crippen LogP contribution is -2.13. The number of anilines is 3. The molecule has 10 aromatic rings. The highest BCUT2D eigenvalue weighted by Crippen LogP contribution is 2.48. The van der Waals surface area contributed by atoms with Gasteiger partial charge in [-0.25, -0.2) is 0 Å². The molecule has 10 rings (SSSR count). The fraction of sp³-hybridized carbons (Fsp3) is 0. The number of nitrogens with zero attached hydrogens (tertiary/aromatic N) is 1. The maximum absolute atomic E-state index is 2.46. The van der Waals surface area contributed by atoms with Crippen LogP contribution in [-0.2, 0) is 0 Å². The van der Waals surface area contributed by atoms with E-state index in [9.17, 15) is 0 Å². The van der Waals surface area contributed by atoms with Gasteiger partial charge in [0.15, 0.2) is 0 Å². The van der Waals surface area contributed by atoms with Gasteiger partial charge in [0, 0.05) is 16.8 Å². The summed E-state index contributed by atoms with van der Waals surface area (Å²) in [5.41, 5.74) is 17.5. The zero-order valence-electron chi connectivity index (χ0n) is 32.6. The summed E-state index contributed by atoms with van der Waals surface area (Å²) in [5.74, 6) is 0. The second-order valence-electron chi connectivity index (χ2n) is 14.9. The van der Waals surface area contributed by atoms with Crippen LogP contribution in [0.5, 0.6) is 0 Å². The maximum Gasteiger partial charge on any atom is 0.0540 e. The minimum Gasteiger partial charge on any atom is -0.309 e. The van der Waals surface area contributed by atoms with E-state index in [1.165, 1.54) is 55.3 Å². The lowest BCUT2D eigenvalue weighted by molar-refractivity contribution is 1.28. The quantitative estimate of drug-likeness (QED) is 0.142. The van der Waals surface area contributed by atoms with Crippen molar-refractivity contribution < 1.29 is 0 Å². The Bertz CT molecular complexity index is 2870. The van der Waals surface area contributed by atoms with Crippen molar-refractivity contribution in [2.45, 2.75) is 0 Å². The van der Waals surface area contributed by atoms with E-state index in [4.69, 9.17) is 0 Å². The highest BCUT2D eigenvalue weighted by atomic mass is 15.1. The van der Waals surface area contributed by atoms with Crippen LogP contribution >= 0.6 is 0 Å². The molecule has 0 fully saturated rings. The van der Waals surface area contributed by atoms with Crippen LogP contribution in [0.1, 0.15) is 0 Å². The van der Waals surface area contributed by atoms with E-state index in [2.05, 4.69) is 254 Å². The molecule has 0 spiro atoms. The van der Waals surface area contributed by atoms with Crippen LogP contribution in [0, 0.1) is 0 Å². The molecule has 0 saturated heterocycles. The number of fused-ring (bicyclic) bond motifs is 1. The minimum absolute atomic E-state index is 1.07. The first kappa shape index (κ1) is 35.7. The summed E-state index contributed by atoms with van der Waals surface area (Å²) in [4.78, 5) is 2.46. The first-order valence-electron chi connectivity index (χ1n) is 20.3. The van der Waals surface area contributed by atoms with Crippen LogP contribution in [0.25, 0.3) is 77.5 Å². The summed E-state index contributed by atoms with van der Waals surface area (Å²) in [6, 6.07) is 89.9. The van der Waals surface area contributed by atoms with Gasteiger partial charge in [0.05, 0.1) is 11.4 Å². The fourth-order valence-electron chi connectivity index (χ4n) is 8.41. The van der Waals surface area contributed by atoms with Gasteiger partial charge in [-0.15, -0.1) is 0 Å². The Morgan fingerprint density at radius 2 is 0.627 bits per heavy atom. The second-order valence-corrected chi connectivity index (χ2v) is 14.9. The maximum atomic E-state index is 2.46. The first-order valence-corrected chi connectivity index (χ1v) is 20.3. The van der Waals surface area contributed by atoms with E-state index in [0.29, 0.717) is 0 Å². The smallest absolute Gasteiger partial charge is 0.0540 e. The van der Waals surface area contributed by atoms with Crippen molar-refractivity contribution in [3.8, 4) is 66.8 Å². The van der Waals surface area contributed by atoms with Crippen LogP contribution in [0.4, 0.5) is 17.1 Å². The molecule has 0 unspecified atom stereocenters. The van der Waals surface area contributed by atoms with Crippen molar-refractivity contribution in [2.24, 2.45) is 0 Å². The summed E-state index contributed by atoms with van der Waals surface area (Å²) in [6.07, 6.45) is 0. The fourth-order valence-corrected chi connectivity index (χ4v) is 8.41. The van der Waals surface area contributed by atoms with Crippen LogP contribution in [0.2, 0.25) is 0 Å². The molecular formula is C58H41N. The van der Waals surface area contributed by atoms with E-state index in [1.807, 2.05) is 0 Å². The third-order valence-electron chi connectivity index (χ3n) is 11.3. The van der Waals surface area contributed by atoms with E-state index in [-0.39, 0.29) is 0 Å². The summed E-state index contributed by atoms with van der Waals surface area (Å²) < 4.78 is 0. The number of hydrogen-bond donors (Lipinski definition) is 0. The number of rotatable bonds is 9. The zero-order valence-corrected chi connectivity index (χ0v) is 32.6. The summed E-state index contributed by atoms with van der Waals surface area (Å²) in [7, 11) is 0. The molecule has 1 nitrogen and oxygen atoms in total. The van der Waals surface area contributed by atoms with Gasteiger partial charge < -0.3 is 4.90 Å². The van der Waals surface area contributed by atoms with Crippen LogP contribution in [-0.4, -0.2) is 0 Å². The Balaban J connectivity index is 1.22. The Kier molecular flexibility index (Phi) is 9.68. The van der Waals surface area contributed by atoms with Crippen molar-refractivity contribution in [3.05, 3.63) is 249 Å². The summed E-state index contributed by atoms with van der Waals surface area (Å²) in [6.45, 7) is 0. The predicted molar refractivity (Wildman–Crippen MR) is 251 cm³/mol. The molecule has 0 atom stereocenters. The summed E-state index contributed by atoms with van der Waals surface area (Å²) in [5, 5.41) is 2.47.